The molecule has 110 valence electrons. The monoisotopic (exact) mass is 309 g/mol. The van der Waals surface area contributed by atoms with E-state index < -0.39 is 0 Å². The first kappa shape index (κ1) is 14.5. The molecule has 3 nitrogen and oxygen atoms in total. The van der Waals surface area contributed by atoms with Crippen LogP contribution in [0.1, 0.15) is 21.5 Å². The Bertz CT molecular complexity index is 904. The van der Waals surface area contributed by atoms with Gasteiger partial charge in [-0.1, -0.05) is 36.4 Å². The van der Waals surface area contributed by atoms with Crippen molar-refractivity contribution in [3.8, 4) is 0 Å². The molecule has 2 aromatic heterocycles. The normalized spacial score (nSPS) is 11.3. The predicted octanol–water partition coefficient (Wildman–Crippen LogP) is 3.88. The number of thiophene rings is 1. The van der Waals surface area contributed by atoms with Gasteiger partial charge in [0.2, 0.25) is 0 Å². The molecule has 2 heterocycles. The highest BCUT2D eigenvalue weighted by Gasteiger charge is 2.14. The van der Waals surface area contributed by atoms with Crippen molar-refractivity contribution in [3.63, 3.8) is 0 Å². The third kappa shape index (κ3) is 2.78. The average molecular weight is 309 g/mol. The van der Waals surface area contributed by atoms with Gasteiger partial charge in [-0.15, -0.1) is 11.3 Å². The van der Waals surface area contributed by atoms with Gasteiger partial charge in [-0.05, 0) is 42.0 Å². The highest BCUT2D eigenvalue weighted by Crippen LogP contribution is 2.22. The van der Waals surface area contributed by atoms with Crippen LogP contribution in [0.3, 0.4) is 0 Å². The number of nitrogens with one attached hydrogen (secondary N) is 1. The average Bonchev–Trinajstić information content (AvgIpc) is 2.97. The van der Waals surface area contributed by atoms with E-state index in [1.54, 1.807) is 6.08 Å². The summed E-state index contributed by atoms with van der Waals surface area (Å²) in [7, 11) is 0. The van der Waals surface area contributed by atoms with E-state index in [4.69, 9.17) is 0 Å². The van der Waals surface area contributed by atoms with Crippen molar-refractivity contribution in [1.82, 2.24) is 4.98 Å². The lowest BCUT2D eigenvalue weighted by Crippen LogP contribution is -2.18. The molecule has 1 N–H and O–H groups in total. The van der Waals surface area contributed by atoms with Crippen LogP contribution in [0.2, 0.25) is 0 Å². The summed E-state index contributed by atoms with van der Waals surface area (Å²) in [5.74, 6) is -0.247. The molecule has 22 heavy (non-hydrogen) atoms. The van der Waals surface area contributed by atoms with Crippen LogP contribution in [0.5, 0.6) is 0 Å². The zero-order valence-corrected chi connectivity index (χ0v) is 12.9. The molecular formula is C18H15NO2S. The molecular weight excluding hydrogens is 294 g/mol. The SMILES string of the molecule is Cc1c(C(=O)/C=C/Cc2ccccc2)c(=O)[nH]c2sccc12. The second kappa shape index (κ2) is 6.12. The van der Waals surface area contributed by atoms with Gasteiger partial charge in [0.1, 0.15) is 4.83 Å². The maximum Gasteiger partial charge on any atom is 0.260 e. The molecule has 1 aromatic carbocycles. The Kier molecular flexibility index (Phi) is 4.02. The fraction of sp³-hybridized carbons (Fsp3) is 0.111. The van der Waals surface area contributed by atoms with Crippen molar-refractivity contribution < 1.29 is 4.79 Å². The number of aromatic nitrogens is 1. The fourth-order valence-corrected chi connectivity index (χ4v) is 3.31. The second-order valence-corrected chi connectivity index (χ2v) is 5.99. The number of hydrogen-bond acceptors (Lipinski definition) is 3. The molecule has 3 rings (SSSR count). The van der Waals surface area contributed by atoms with Crippen LogP contribution < -0.4 is 5.56 Å². The lowest BCUT2D eigenvalue weighted by molar-refractivity contribution is 0.104. The molecule has 0 amide bonds. The zero-order chi connectivity index (χ0) is 15.5. The molecule has 0 fully saturated rings. The van der Waals surface area contributed by atoms with Gasteiger partial charge in [-0.25, -0.2) is 0 Å². The minimum Gasteiger partial charge on any atom is -0.313 e. The largest absolute Gasteiger partial charge is 0.313 e. The maximum atomic E-state index is 12.3. The summed E-state index contributed by atoms with van der Waals surface area (Å²) >= 11 is 1.47. The second-order valence-electron chi connectivity index (χ2n) is 5.07. The van der Waals surface area contributed by atoms with Crippen LogP contribution in [0, 0.1) is 6.92 Å². The lowest BCUT2D eigenvalue weighted by atomic mass is 10.0. The molecule has 0 saturated heterocycles. The number of fused-ring (bicyclic) bond motifs is 1. The van der Waals surface area contributed by atoms with Crippen molar-refractivity contribution in [2.75, 3.05) is 0 Å². The first-order valence-corrected chi connectivity index (χ1v) is 7.89. The summed E-state index contributed by atoms with van der Waals surface area (Å²) in [5, 5.41) is 2.84. The van der Waals surface area contributed by atoms with Gasteiger partial charge in [0.05, 0.1) is 5.56 Å². The first-order chi connectivity index (χ1) is 10.7. The van der Waals surface area contributed by atoms with Gasteiger partial charge >= 0.3 is 0 Å². The number of carbonyl (C=O) groups excluding carboxylic acids is 1. The smallest absolute Gasteiger partial charge is 0.260 e. The Morgan fingerprint density at radius 2 is 2.00 bits per heavy atom. The highest BCUT2D eigenvalue weighted by molar-refractivity contribution is 7.16. The van der Waals surface area contributed by atoms with Crippen LogP contribution in [0.25, 0.3) is 10.2 Å². The third-order valence-corrected chi connectivity index (χ3v) is 4.44. The number of hydrogen-bond donors (Lipinski definition) is 1. The van der Waals surface area contributed by atoms with E-state index >= 15 is 0 Å². The number of ketones is 1. The molecule has 0 atom stereocenters. The summed E-state index contributed by atoms with van der Waals surface area (Å²) in [6.45, 7) is 1.82. The van der Waals surface area contributed by atoms with E-state index in [0.29, 0.717) is 6.42 Å². The van der Waals surface area contributed by atoms with Crippen LogP contribution in [-0.2, 0) is 6.42 Å². The number of rotatable bonds is 4. The van der Waals surface area contributed by atoms with Crippen molar-refractivity contribution in [3.05, 3.63) is 81.0 Å². The van der Waals surface area contributed by atoms with Crippen molar-refractivity contribution in [2.24, 2.45) is 0 Å². The van der Waals surface area contributed by atoms with Gasteiger partial charge < -0.3 is 4.98 Å². The predicted molar refractivity (Wildman–Crippen MR) is 90.8 cm³/mol. The minimum absolute atomic E-state index is 0.232. The molecule has 0 radical (unpaired) electrons. The van der Waals surface area contributed by atoms with Crippen LogP contribution in [0.4, 0.5) is 0 Å². The lowest BCUT2D eigenvalue weighted by Gasteiger charge is -2.02. The van der Waals surface area contributed by atoms with E-state index in [2.05, 4.69) is 4.98 Å². The fourth-order valence-electron chi connectivity index (χ4n) is 2.47. The molecule has 0 bridgehead atoms. The Hall–Kier alpha value is -2.46. The summed E-state index contributed by atoms with van der Waals surface area (Å²) < 4.78 is 0. The number of H-pyrrole nitrogens is 1. The Morgan fingerprint density at radius 3 is 2.77 bits per heavy atom. The Morgan fingerprint density at radius 1 is 1.23 bits per heavy atom. The topological polar surface area (TPSA) is 49.9 Å². The molecule has 0 aliphatic carbocycles. The number of aromatic amines is 1. The number of pyridine rings is 1. The molecule has 4 heteroatoms. The van der Waals surface area contributed by atoms with Gasteiger partial charge in [0.25, 0.3) is 5.56 Å². The Labute approximate surface area is 131 Å². The molecule has 0 aliphatic heterocycles. The molecule has 0 unspecified atom stereocenters. The van der Waals surface area contributed by atoms with E-state index in [9.17, 15) is 9.59 Å². The summed E-state index contributed by atoms with van der Waals surface area (Å²) in [4.78, 5) is 28.1. The third-order valence-electron chi connectivity index (χ3n) is 3.61. The van der Waals surface area contributed by atoms with Crippen molar-refractivity contribution in [1.29, 1.82) is 0 Å². The van der Waals surface area contributed by atoms with Crippen molar-refractivity contribution >= 4 is 27.3 Å². The zero-order valence-electron chi connectivity index (χ0n) is 12.1. The molecule has 3 aromatic rings. The Balaban J connectivity index is 1.87. The van der Waals surface area contributed by atoms with Gasteiger partial charge in [0, 0.05) is 5.39 Å². The summed E-state index contributed by atoms with van der Waals surface area (Å²) in [6, 6.07) is 11.8. The summed E-state index contributed by atoms with van der Waals surface area (Å²) in [6.07, 6.45) is 3.96. The number of aryl methyl sites for hydroxylation is 1. The quantitative estimate of drug-likeness (QED) is 0.587. The number of benzene rings is 1. The van der Waals surface area contributed by atoms with Crippen LogP contribution in [0.15, 0.2) is 58.7 Å². The number of allylic oxidation sites excluding steroid dienone is 2. The standard InChI is InChI=1S/C18H15NO2S/c1-12-14-10-11-22-18(14)19-17(21)16(12)15(20)9-5-8-13-6-3-2-4-7-13/h2-7,9-11H,8H2,1H3,(H,19,21)/b9-5+. The van der Waals surface area contributed by atoms with Crippen molar-refractivity contribution in [2.45, 2.75) is 13.3 Å². The summed E-state index contributed by atoms with van der Waals surface area (Å²) in [5.41, 5.74) is 1.79. The van der Waals surface area contributed by atoms with E-state index in [-0.39, 0.29) is 16.9 Å². The van der Waals surface area contributed by atoms with Gasteiger partial charge in [-0.3, -0.25) is 9.59 Å². The minimum atomic E-state index is -0.318. The molecule has 0 spiro atoms. The van der Waals surface area contributed by atoms with Gasteiger partial charge in [0.15, 0.2) is 5.78 Å². The van der Waals surface area contributed by atoms with Crippen LogP contribution in [-0.4, -0.2) is 10.8 Å². The maximum absolute atomic E-state index is 12.3. The highest BCUT2D eigenvalue weighted by atomic mass is 32.1. The van der Waals surface area contributed by atoms with Gasteiger partial charge in [-0.2, -0.15) is 0 Å². The van der Waals surface area contributed by atoms with E-state index in [1.807, 2.05) is 48.7 Å². The van der Waals surface area contributed by atoms with E-state index in [0.717, 1.165) is 21.3 Å². The first-order valence-electron chi connectivity index (χ1n) is 7.01. The van der Waals surface area contributed by atoms with E-state index in [1.165, 1.54) is 17.4 Å². The van der Waals surface area contributed by atoms with Crippen LogP contribution >= 0.6 is 11.3 Å². The molecule has 0 aliphatic rings. The molecule has 0 saturated carbocycles. The number of carbonyl (C=O) groups is 1.